The van der Waals surface area contributed by atoms with Gasteiger partial charge in [-0.2, -0.15) is 9.90 Å². The molecule has 0 aliphatic carbocycles. The summed E-state index contributed by atoms with van der Waals surface area (Å²) >= 11 is 0. The summed E-state index contributed by atoms with van der Waals surface area (Å²) in [5, 5.41) is 10.4. The van der Waals surface area contributed by atoms with E-state index < -0.39 is 0 Å². The molecule has 0 aliphatic heterocycles. The first-order chi connectivity index (χ1) is 4.35. The van der Waals surface area contributed by atoms with Crippen LogP contribution in [-0.4, -0.2) is 6.61 Å². The summed E-state index contributed by atoms with van der Waals surface area (Å²) in [5.41, 5.74) is 0. The molecule has 0 aliphatic rings. The Balaban J connectivity index is 0. The third kappa shape index (κ3) is 6.51. The predicted molar refractivity (Wildman–Crippen MR) is 50.0 cm³/mol. The number of hydrogen-bond donors (Lipinski definition) is 0. The van der Waals surface area contributed by atoms with Gasteiger partial charge >= 0.3 is 0 Å². The highest BCUT2D eigenvalue weighted by molar-refractivity contribution is 6.92. The molecule has 0 saturated carbocycles. The van der Waals surface area contributed by atoms with E-state index in [1.165, 1.54) is 12.8 Å². The van der Waals surface area contributed by atoms with Crippen LogP contribution in [0.25, 0.3) is 0 Å². The summed E-state index contributed by atoms with van der Waals surface area (Å²) in [6, 6.07) is 0. The van der Waals surface area contributed by atoms with Gasteiger partial charge in [0, 0.05) is 0 Å². The molecule has 2 unspecified atom stereocenters. The van der Waals surface area contributed by atoms with Crippen LogP contribution in [-0.2, 0) is 5.11 Å². The van der Waals surface area contributed by atoms with Gasteiger partial charge in [-0.05, 0) is 12.3 Å². The Labute approximate surface area is 67.8 Å². The van der Waals surface area contributed by atoms with Gasteiger partial charge in [0.25, 0.3) is 0 Å². The molecule has 2 atom stereocenters. The van der Waals surface area contributed by atoms with E-state index in [0.717, 1.165) is 12.8 Å². The minimum absolute atomic E-state index is 0. The van der Waals surface area contributed by atoms with Crippen molar-refractivity contribution in [2.24, 2.45) is 5.92 Å². The summed E-state index contributed by atoms with van der Waals surface area (Å²) in [6.07, 6.45) is 4.64. The lowest BCUT2D eigenvalue weighted by Crippen LogP contribution is -2.02. The van der Waals surface area contributed by atoms with Crippen molar-refractivity contribution in [3.8, 4) is 0 Å². The Morgan fingerprint density at radius 3 is 2.20 bits per heavy atom. The van der Waals surface area contributed by atoms with E-state index in [1.807, 2.05) is 0 Å². The van der Waals surface area contributed by atoms with E-state index >= 15 is 0 Å². The smallest absolute Gasteiger partial charge is 0.0850 e. The van der Waals surface area contributed by atoms with Crippen LogP contribution in [0.15, 0.2) is 0 Å². The second kappa shape index (κ2) is 9.39. The topological polar surface area (TPSA) is 19.9 Å². The highest BCUT2D eigenvalue weighted by atomic mass is 31.0. The third-order valence-electron chi connectivity index (χ3n) is 1.78. The Morgan fingerprint density at radius 2 is 1.90 bits per heavy atom. The lowest BCUT2D eigenvalue weighted by atomic mass is 10.0. The van der Waals surface area contributed by atoms with Gasteiger partial charge in [-0.1, -0.05) is 33.1 Å². The maximum Gasteiger partial charge on any atom is 0.0850 e. The van der Waals surface area contributed by atoms with Gasteiger partial charge in [0.15, 0.2) is 0 Å². The molecule has 0 bridgehead atoms. The lowest BCUT2D eigenvalue weighted by Gasteiger charge is -2.07. The summed E-state index contributed by atoms with van der Waals surface area (Å²) in [6.45, 7) is 4.38. The number of unbranched alkanes of at least 4 members (excludes halogenated alkanes) is 1. The average Bonchev–Trinajstić information content (AvgIpc) is 1.91. The molecule has 1 nitrogen and oxygen atoms in total. The highest BCUT2D eigenvalue weighted by Gasteiger charge is 2.02. The summed E-state index contributed by atoms with van der Waals surface area (Å²) in [4.78, 5) is 0. The van der Waals surface area contributed by atoms with Crippen molar-refractivity contribution in [1.29, 1.82) is 0 Å². The Bertz CT molecular complexity index is 53.2. The van der Waals surface area contributed by atoms with Gasteiger partial charge in [0.2, 0.25) is 0 Å². The molecule has 2 heteroatoms. The Kier molecular flexibility index (Phi) is 12.2. The molecule has 63 valence electrons. The van der Waals surface area contributed by atoms with Crippen molar-refractivity contribution >= 4 is 9.90 Å². The SMILES string of the molecule is CCCCC(CC)C[O].P. The molecule has 0 aromatic rings. The average molecular weight is 163 g/mol. The van der Waals surface area contributed by atoms with Crippen molar-refractivity contribution in [2.45, 2.75) is 39.5 Å². The van der Waals surface area contributed by atoms with E-state index in [1.54, 1.807) is 0 Å². The molecular weight excluding hydrogens is 143 g/mol. The Hall–Kier alpha value is 0.390. The maximum atomic E-state index is 10.4. The molecular formula is C8H20OP. The second-order valence-electron chi connectivity index (χ2n) is 2.58. The van der Waals surface area contributed by atoms with Crippen LogP contribution in [0.4, 0.5) is 0 Å². The van der Waals surface area contributed by atoms with Crippen molar-refractivity contribution in [3.63, 3.8) is 0 Å². The van der Waals surface area contributed by atoms with Gasteiger partial charge in [-0.25, -0.2) is 5.11 Å². The molecule has 0 rings (SSSR count). The number of hydrogen-bond acceptors (Lipinski definition) is 0. The fourth-order valence-corrected chi connectivity index (χ4v) is 0.898. The van der Waals surface area contributed by atoms with E-state index in [0.29, 0.717) is 5.92 Å². The first-order valence-electron chi connectivity index (χ1n) is 3.93. The fourth-order valence-electron chi connectivity index (χ4n) is 0.898. The van der Waals surface area contributed by atoms with E-state index in [-0.39, 0.29) is 16.5 Å². The lowest BCUT2D eigenvalue weighted by molar-refractivity contribution is 0.135. The van der Waals surface area contributed by atoms with Crippen LogP contribution in [0.5, 0.6) is 0 Å². The predicted octanol–water partition coefficient (Wildman–Crippen LogP) is 2.69. The summed E-state index contributed by atoms with van der Waals surface area (Å²) in [5.74, 6) is 0.449. The molecule has 0 fully saturated rings. The zero-order valence-electron chi connectivity index (χ0n) is 7.23. The zero-order chi connectivity index (χ0) is 7.11. The van der Waals surface area contributed by atoms with Gasteiger partial charge in [0.05, 0.1) is 6.61 Å². The van der Waals surface area contributed by atoms with Crippen LogP contribution in [0.3, 0.4) is 0 Å². The monoisotopic (exact) mass is 163 g/mol. The van der Waals surface area contributed by atoms with E-state index in [9.17, 15) is 5.11 Å². The van der Waals surface area contributed by atoms with Gasteiger partial charge in [0.1, 0.15) is 0 Å². The fraction of sp³-hybridized carbons (Fsp3) is 1.00. The van der Waals surface area contributed by atoms with Crippen LogP contribution < -0.4 is 0 Å². The third-order valence-corrected chi connectivity index (χ3v) is 1.78. The van der Waals surface area contributed by atoms with Crippen molar-refractivity contribution in [3.05, 3.63) is 0 Å². The van der Waals surface area contributed by atoms with Crippen LogP contribution in [0.2, 0.25) is 0 Å². The minimum atomic E-state index is 0. The molecule has 0 aromatic heterocycles. The van der Waals surface area contributed by atoms with Crippen molar-refractivity contribution in [2.75, 3.05) is 6.61 Å². The second-order valence-corrected chi connectivity index (χ2v) is 2.58. The van der Waals surface area contributed by atoms with Crippen LogP contribution >= 0.6 is 9.90 Å². The van der Waals surface area contributed by atoms with Crippen molar-refractivity contribution in [1.82, 2.24) is 0 Å². The molecule has 0 aromatic carbocycles. The highest BCUT2D eigenvalue weighted by Crippen LogP contribution is 2.10. The van der Waals surface area contributed by atoms with Gasteiger partial charge in [-0.3, -0.25) is 0 Å². The number of rotatable bonds is 5. The standard InChI is InChI=1S/C8H17O.H3P/c1-3-5-6-8(4-2)7-9;/h8H,3-7H2,1-2H3;1H3. The molecule has 0 spiro atoms. The quantitative estimate of drug-likeness (QED) is 0.555. The normalized spacial score (nSPS) is 12.3. The first kappa shape index (κ1) is 13.0. The molecule has 0 saturated heterocycles. The molecule has 10 heavy (non-hydrogen) atoms. The molecule has 0 N–H and O–H groups in total. The van der Waals surface area contributed by atoms with Crippen molar-refractivity contribution < 1.29 is 5.11 Å². The summed E-state index contributed by atoms with van der Waals surface area (Å²) in [7, 11) is 0. The van der Waals surface area contributed by atoms with E-state index in [2.05, 4.69) is 13.8 Å². The summed E-state index contributed by atoms with van der Waals surface area (Å²) < 4.78 is 0. The van der Waals surface area contributed by atoms with Gasteiger partial charge in [-0.15, -0.1) is 0 Å². The largest absolute Gasteiger partial charge is 0.236 e. The molecule has 0 amide bonds. The minimum Gasteiger partial charge on any atom is -0.236 e. The zero-order valence-corrected chi connectivity index (χ0v) is 8.64. The maximum absolute atomic E-state index is 10.4. The Morgan fingerprint density at radius 1 is 1.30 bits per heavy atom. The van der Waals surface area contributed by atoms with E-state index in [4.69, 9.17) is 0 Å². The van der Waals surface area contributed by atoms with Gasteiger partial charge < -0.3 is 0 Å². The van der Waals surface area contributed by atoms with Crippen LogP contribution in [0.1, 0.15) is 39.5 Å². The van der Waals surface area contributed by atoms with Crippen LogP contribution in [0, 0.1) is 5.92 Å². The molecule has 0 heterocycles. The first-order valence-corrected chi connectivity index (χ1v) is 3.93. The molecule has 1 radical (unpaired) electrons.